The summed E-state index contributed by atoms with van der Waals surface area (Å²) in [6, 6.07) is 7.97. The van der Waals surface area contributed by atoms with Crippen LogP contribution in [0, 0.1) is 5.92 Å². The topological polar surface area (TPSA) is 92.4 Å². The lowest BCUT2D eigenvalue weighted by Crippen LogP contribution is -2.50. The van der Waals surface area contributed by atoms with Gasteiger partial charge in [0.25, 0.3) is 0 Å². The Morgan fingerprint density at radius 1 is 1.25 bits per heavy atom. The minimum atomic E-state index is -1.04. The number of aryl methyl sites for hydroxylation is 1. The van der Waals surface area contributed by atoms with Crippen molar-refractivity contribution in [3.63, 3.8) is 0 Å². The van der Waals surface area contributed by atoms with Crippen molar-refractivity contribution in [1.29, 1.82) is 0 Å². The van der Waals surface area contributed by atoms with E-state index < -0.39 is 24.0 Å². The number of nitrogens with one attached hydrogen (secondary N) is 1. The van der Waals surface area contributed by atoms with Crippen molar-refractivity contribution in [2.24, 2.45) is 11.7 Å². The highest BCUT2D eigenvalue weighted by molar-refractivity contribution is 5.86. The first-order valence-electron chi connectivity index (χ1n) is 6.74. The van der Waals surface area contributed by atoms with Crippen LogP contribution in [-0.2, 0) is 16.0 Å². The van der Waals surface area contributed by atoms with E-state index >= 15 is 0 Å². The third-order valence-corrected chi connectivity index (χ3v) is 3.20. The Morgan fingerprint density at radius 3 is 2.35 bits per heavy atom. The van der Waals surface area contributed by atoms with Gasteiger partial charge in [-0.1, -0.05) is 44.2 Å². The first-order valence-corrected chi connectivity index (χ1v) is 6.74. The van der Waals surface area contributed by atoms with Crippen LogP contribution in [0.2, 0.25) is 0 Å². The summed E-state index contributed by atoms with van der Waals surface area (Å²) in [7, 11) is 0. The summed E-state index contributed by atoms with van der Waals surface area (Å²) in [4.78, 5) is 23.0. The summed E-state index contributed by atoms with van der Waals surface area (Å²) < 4.78 is 0. The number of aliphatic carboxylic acids is 1. The summed E-state index contributed by atoms with van der Waals surface area (Å²) in [5.74, 6) is -1.48. The Hall–Kier alpha value is -1.88. The summed E-state index contributed by atoms with van der Waals surface area (Å²) >= 11 is 0. The molecule has 110 valence electrons. The van der Waals surface area contributed by atoms with Crippen LogP contribution in [0.5, 0.6) is 0 Å². The SMILES string of the molecule is CC(C)[C@@H](N)C(=O)NC(CCc1ccccc1)C(=O)O. The molecule has 4 N–H and O–H groups in total. The molecule has 0 aliphatic heterocycles. The minimum Gasteiger partial charge on any atom is -0.480 e. The fraction of sp³-hybridized carbons (Fsp3) is 0.467. The summed E-state index contributed by atoms with van der Waals surface area (Å²) in [5.41, 5.74) is 6.75. The Bertz CT molecular complexity index is 446. The van der Waals surface area contributed by atoms with E-state index in [2.05, 4.69) is 5.32 Å². The van der Waals surface area contributed by atoms with Crippen molar-refractivity contribution in [2.75, 3.05) is 0 Å². The average Bonchev–Trinajstić information content (AvgIpc) is 2.42. The van der Waals surface area contributed by atoms with Crippen LogP contribution in [0.1, 0.15) is 25.8 Å². The maximum Gasteiger partial charge on any atom is 0.326 e. The highest BCUT2D eigenvalue weighted by atomic mass is 16.4. The summed E-state index contributed by atoms with van der Waals surface area (Å²) in [6.07, 6.45) is 0.935. The van der Waals surface area contributed by atoms with Crippen molar-refractivity contribution in [3.05, 3.63) is 35.9 Å². The van der Waals surface area contributed by atoms with Gasteiger partial charge in [-0.05, 0) is 24.3 Å². The van der Waals surface area contributed by atoms with E-state index in [1.54, 1.807) is 0 Å². The van der Waals surface area contributed by atoms with Gasteiger partial charge >= 0.3 is 5.97 Å². The van der Waals surface area contributed by atoms with Crippen molar-refractivity contribution in [2.45, 2.75) is 38.8 Å². The molecule has 0 bridgehead atoms. The zero-order valence-corrected chi connectivity index (χ0v) is 11.9. The predicted molar refractivity (Wildman–Crippen MR) is 77.1 cm³/mol. The normalized spacial score (nSPS) is 13.8. The second-order valence-corrected chi connectivity index (χ2v) is 5.19. The molecule has 0 aromatic heterocycles. The smallest absolute Gasteiger partial charge is 0.326 e. The van der Waals surface area contributed by atoms with E-state index in [0.717, 1.165) is 5.56 Å². The summed E-state index contributed by atoms with van der Waals surface area (Å²) in [5, 5.41) is 11.7. The van der Waals surface area contributed by atoms with Crippen LogP contribution in [-0.4, -0.2) is 29.1 Å². The fourth-order valence-electron chi connectivity index (χ4n) is 1.78. The van der Waals surface area contributed by atoms with Crippen molar-refractivity contribution in [1.82, 2.24) is 5.32 Å². The zero-order valence-electron chi connectivity index (χ0n) is 11.9. The molecule has 1 aromatic rings. The second kappa shape index (κ2) is 7.65. The maximum absolute atomic E-state index is 11.8. The van der Waals surface area contributed by atoms with Gasteiger partial charge in [-0.3, -0.25) is 4.79 Å². The Morgan fingerprint density at radius 2 is 1.85 bits per heavy atom. The Kier molecular flexibility index (Phi) is 6.18. The first kappa shape index (κ1) is 16.2. The lowest BCUT2D eigenvalue weighted by Gasteiger charge is -2.19. The fourth-order valence-corrected chi connectivity index (χ4v) is 1.78. The highest BCUT2D eigenvalue weighted by Crippen LogP contribution is 2.06. The van der Waals surface area contributed by atoms with E-state index in [-0.39, 0.29) is 5.92 Å². The Labute approximate surface area is 119 Å². The van der Waals surface area contributed by atoms with Crippen molar-refractivity contribution >= 4 is 11.9 Å². The van der Waals surface area contributed by atoms with Crippen LogP contribution < -0.4 is 11.1 Å². The van der Waals surface area contributed by atoms with Gasteiger partial charge < -0.3 is 16.2 Å². The number of amides is 1. The van der Waals surface area contributed by atoms with E-state index in [0.29, 0.717) is 12.8 Å². The molecule has 1 amide bonds. The standard InChI is InChI=1S/C15H22N2O3/c1-10(2)13(16)14(18)17-12(15(19)20)9-8-11-6-4-3-5-7-11/h3-7,10,12-13H,8-9,16H2,1-2H3,(H,17,18)(H,19,20)/t12?,13-/m1/s1. The third kappa shape index (κ3) is 5.01. The molecule has 0 saturated heterocycles. The number of nitrogens with two attached hydrogens (primary N) is 1. The number of carboxylic acids is 1. The van der Waals surface area contributed by atoms with Gasteiger partial charge in [0.15, 0.2) is 0 Å². The lowest BCUT2D eigenvalue weighted by molar-refractivity contribution is -0.142. The molecule has 20 heavy (non-hydrogen) atoms. The molecule has 0 saturated carbocycles. The molecule has 0 radical (unpaired) electrons. The van der Waals surface area contributed by atoms with Crippen LogP contribution in [0.25, 0.3) is 0 Å². The van der Waals surface area contributed by atoms with Gasteiger partial charge in [-0.25, -0.2) is 4.79 Å². The third-order valence-electron chi connectivity index (χ3n) is 3.20. The zero-order chi connectivity index (χ0) is 15.1. The molecular weight excluding hydrogens is 256 g/mol. The molecule has 1 rings (SSSR count). The average molecular weight is 278 g/mol. The molecule has 1 aromatic carbocycles. The highest BCUT2D eigenvalue weighted by Gasteiger charge is 2.24. The van der Waals surface area contributed by atoms with Gasteiger partial charge in [0.05, 0.1) is 6.04 Å². The number of hydrogen-bond acceptors (Lipinski definition) is 3. The lowest BCUT2D eigenvalue weighted by atomic mass is 10.0. The molecule has 0 aliphatic carbocycles. The van der Waals surface area contributed by atoms with Gasteiger partial charge in [-0.2, -0.15) is 0 Å². The van der Waals surface area contributed by atoms with E-state index in [4.69, 9.17) is 10.8 Å². The molecule has 5 heteroatoms. The number of hydrogen-bond donors (Lipinski definition) is 3. The minimum absolute atomic E-state index is 0.0291. The molecule has 0 heterocycles. The molecule has 2 atom stereocenters. The number of rotatable bonds is 7. The number of carbonyl (C=O) groups excluding carboxylic acids is 1. The predicted octanol–water partition coefficient (Wildman–Crippen LogP) is 1.17. The molecule has 1 unspecified atom stereocenters. The van der Waals surface area contributed by atoms with E-state index in [1.165, 1.54) is 0 Å². The number of benzene rings is 1. The van der Waals surface area contributed by atoms with E-state index in [9.17, 15) is 9.59 Å². The van der Waals surface area contributed by atoms with Crippen LogP contribution in [0.4, 0.5) is 0 Å². The van der Waals surface area contributed by atoms with E-state index in [1.807, 2.05) is 44.2 Å². The molecular formula is C15H22N2O3. The van der Waals surface area contributed by atoms with Gasteiger partial charge in [0, 0.05) is 0 Å². The van der Waals surface area contributed by atoms with Gasteiger partial charge in [-0.15, -0.1) is 0 Å². The quantitative estimate of drug-likeness (QED) is 0.698. The second-order valence-electron chi connectivity index (χ2n) is 5.19. The van der Waals surface area contributed by atoms with Gasteiger partial charge in [0.1, 0.15) is 6.04 Å². The van der Waals surface area contributed by atoms with Crippen LogP contribution in [0.15, 0.2) is 30.3 Å². The number of carboxylic acid groups (broad SMARTS) is 1. The summed E-state index contributed by atoms with van der Waals surface area (Å²) in [6.45, 7) is 3.65. The maximum atomic E-state index is 11.8. The Balaban J connectivity index is 2.57. The molecule has 0 spiro atoms. The van der Waals surface area contributed by atoms with Crippen LogP contribution in [0.3, 0.4) is 0 Å². The molecule has 0 aliphatic rings. The number of carbonyl (C=O) groups is 2. The first-order chi connectivity index (χ1) is 9.41. The molecule has 5 nitrogen and oxygen atoms in total. The largest absolute Gasteiger partial charge is 0.480 e. The van der Waals surface area contributed by atoms with Crippen LogP contribution >= 0.6 is 0 Å². The van der Waals surface area contributed by atoms with Gasteiger partial charge in [0.2, 0.25) is 5.91 Å². The monoisotopic (exact) mass is 278 g/mol. The molecule has 0 fully saturated rings. The van der Waals surface area contributed by atoms with Crippen molar-refractivity contribution in [3.8, 4) is 0 Å². The van der Waals surface area contributed by atoms with Crippen molar-refractivity contribution < 1.29 is 14.7 Å².